The lowest BCUT2D eigenvalue weighted by Gasteiger charge is -2.15. The van der Waals surface area contributed by atoms with Crippen LogP contribution in [-0.4, -0.2) is 22.7 Å². The first-order valence-corrected chi connectivity index (χ1v) is 10.6. The molecule has 27 heavy (non-hydrogen) atoms. The first-order valence-electron chi connectivity index (χ1n) is 10.6. The van der Waals surface area contributed by atoms with Crippen molar-refractivity contribution in [3.05, 3.63) is 23.8 Å². The first-order chi connectivity index (χ1) is 12.8. The van der Waals surface area contributed by atoms with Gasteiger partial charge in [-0.25, -0.2) is 0 Å². The summed E-state index contributed by atoms with van der Waals surface area (Å²) in [5.41, 5.74) is 0.894. The molecule has 1 amide bonds. The Morgan fingerprint density at radius 1 is 0.926 bits per heavy atom. The molecule has 0 aliphatic heterocycles. The van der Waals surface area contributed by atoms with Crippen molar-refractivity contribution in [3.8, 4) is 11.5 Å². The van der Waals surface area contributed by atoms with Crippen LogP contribution in [0.25, 0.3) is 0 Å². The van der Waals surface area contributed by atoms with E-state index in [9.17, 15) is 15.0 Å². The molecule has 0 fully saturated rings. The number of amides is 1. The summed E-state index contributed by atoms with van der Waals surface area (Å²) in [6.07, 6.45) is 8.75. The van der Waals surface area contributed by atoms with Crippen LogP contribution < -0.4 is 5.32 Å². The van der Waals surface area contributed by atoms with Crippen LogP contribution in [0.5, 0.6) is 11.5 Å². The molecule has 0 spiro atoms. The zero-order chi connectivity index (χ0) is 20.2. The fraction of sp³-hybridized carbons (Fsp3) is 0.696. The zero-order valence-corrected chi connectivity index (χ0v) is 17.6. The molecule has 1 rings (SSSR count). The number of carbonyl (C=O) groups excluding carboxylic acids is 1. The van der Waals surface area contributed by atoms with Crippen molar-refractivity contribution >= 4 is 5.91 Å². The van der Waals surface area contributed by atoms with Crippen LogP contribution in [0.1, 0.15) is 78.2 Å². The molecule has 0 heterocycles. The smallest absolute Gasteiger partial charge is 0.220 e. The number of hydrogen-bond donors (Lipinski definition) is 3. The molecule has 0 bridgehead atoms. The van der Waals surface area contributed by atoms with E-state index in [2.05, 4.69) is 33.0 Å². The van der Waals surface area contributed by atoms with Crippen molar-refractivity contribution < 1.29 is 15.0 Å². The highest BCUT2D eigenvalue weighted by atomic mass is 16.3. The quantitative estimate of drug-likeness (QED) is 0.402. The van der Waals surface area contributed by atoms with E-state index in [0.717, 1.165) is 23.8 Å². The molecule has 4 nitrogen and oxygen atoms in total. The molecule has 0 aliphatic carbocycles. The van der Waals surface area contributed by atoms with Gasteiger partial charge in [0.25, 0.3) is 0 Å². The Morgan fingerprint density at radius 2 is 1.56 bits per heavy atom. The second kappa shape index (κ2) is 12.6. The summed E-state index contributed by atoms with van der Waals surface area (Å²) in [4.78, 5) is 12.1. The Bertz CT molecular complexity index is 557. The highest BCUT2D eigenvalue weighted by Gasteiger charge is 2.10. The lowest BCUT2D eigenvalue weighted by atomic mass is 9.92. The summed E-state index contributed by atoms with van der Waals surface area (Å²) in [5, 5.41) is 21.7. The van der Waals surface area contributed by atoms with E-state index in [0.29, 0.717) is 25.3 Å². The van der Waals surface area contributed by atoms with Gasteiger partial charge in [0.05, 0.1) is 0 Å². The monoisotopic (exact) mass is 377 g/mol. The average molecular weight is 378 g/mol. The maximum atomic E-state index is 12.1. The van der Waals surface area contributed by atoms with Crippen molar-refractivity contribution in [1.82, 2.24) is 5.32 Å². The maximum Gasteiger partial charge on any atom is 0.220 e. The van der Waals surface area contributed by atoms with E-state index in [1.165, 1.54) is 44.2 Å². The van der Waals surface area contributed by atoms with E-state index in [1.807, 2.05) is 0 Å². The summed E-state index contributed by atoms with van der Waals surface area (Å²) in [6.45, 7) is 9.61. The third-order valence-electron chi connectivity index (χ3n) is 5.18. The molecule has 2 atom stereocenters. The van der Waals surface area contributed by atoms with Crippen LogP contribution in [0.4, 0.5) is 0 Å². The number of carbonyl (C=O) groups is 1. The number of aromatic hydroxyl groups is 2. The van der Waals surface area contributed by atoms with Crippen LogP contribution >= 0.6 is 0 Å². The first kappa shape index (κ1) is 23.3. The van der Waals surface area contributed by atoms with Crippen LogP contribution in [0.15, 0.2) is 18.2 Å². The Kier molecular flexibility index (Phi) is 10.9. The van der Waals surface area contributed by atoms with Gasteiger partial charge in [-0.2, -0.15) is 0 Å². The summed E-state index contributed by atoms with van der Waals surface area (Å²) in [7, 11) is 0. The van der Waals surface area contributed by atoms with Gasteiger partial charge in [-0.3, -0.25) is 4.79 Å². The van der Waals surface area contributed by atoms with Gasteiger partial charge in [0.15, 0.2) is 11.5 Å². The van der Waals surface area contributed by atoms with Crippen molar-refractivity contribution in [1.29, 1.82) is 0 Å². The van der Waals surface area contributed by atoms with Gasteiger partial charge in [-0.15, -0.1) is 0 Å². The zero-order valence-electron chi connectivity index (χ0n) is 17.6. The third kappa shape index (κ3) is 10.9. The standard InChI is InChI=1S/C23H39NO3/c1-17(2)7-5-8-18(3)9-6-10-19(4)15-23(27)24-14-13-20-11-12-21(25)22(26)16-20/h11-12,16-19,25-26H,5-10,13-15H2,1-4H3,(H,24,27). The van der Waals surface area contributed by atoms with E-state index in [-0.39, 0.29) is 17.4 Å². The summed E-state index contributed by atoms with van der Waals surface area (Å²) >= 11 is 0. The van der Waals surface area contributed by atoms with E-state index in [4.69, 9.17) is 0 Å². The van der Waals surface area contributed by atoms with Crippen LogP contribution in [-0.2, 0) is 11.2 Å². The number of nitrogens with one attached hydrogen (secondary N) is 1. The molecule has 1 aromatic rings. The van der Waals surface area contributed by atoms with Gasteiger partial charge < -0.3 is 15.5 Å². The van der Waals surface area contributed by atoms with Crippen molar-refractivity contribution in [2.24, 2.45) is 17.8 Å². The summed E-state index contributed by atoms with van der Waals surface area (Å²) in [6, 6.07) is 4.76. The van der Waals surface area contributed by atoms with Gasteiger partial charge in [0.2, 0.25) is 5.91 Å². The molecule has 2 unspecified atom stereocenters. The normalized spacial score (nSPS) is 13.5. The van der Waals surface area contributed by atoms with Gasteiger partial charge in [-0.05, 0) is 41.9 Å². The predicted molar refractivity (Wildman–Crippen MR) is 112 cm³/mol. The number of rotatable bonds is 13. The van der Waals surface area contributed by atoms with Gasteiger partial charge in [0, 0.05) is 13.0 Å². The maximum absolute atomic E-state index is 12.1. The molecule has 0 saturated carbocycles. The van der Waals surface area contributed by atoms with Crippen LogP contribution in [0.3, 0.4) is 0 Å². The molecular formula is C23H39NO3. The third-order valence-corrected chi connectivity index (χ3v) is 5.18. The molecule has 0 aliphatic rings. The van der Waals surface area contributed by atoms with E-state index in [1.54, 1.807) is 6.07 Å². The number of benzene rings is 1. The number of phenols is 2. The Labute approximate surface area is 165 Å². The SMILES string of the molecule is CC(C)CCCC(C)CCCC(C)CC(=O)NCCc1ccc(O)c(O)c1. The second-order valence-corrected chi connectivity index (χ2v) is 8.59. The minimum absolute atomic E-state index is 0.0930. The van der Waals surface area contributed by atoms with Gasteiger partial charge in [0.1, 0.15) is 0 Å². The minimum Gasteiger partial charge on any atom is -0.504 e. The van der Waals surface area contributed by atoms with E-state index < -0.39 is 0 Å². The van der Waals surface area contributed by atoms with Crippen molar-refractivity contribution in [2.45, 2.75) is 79.1 Å². The topological polar surface area (TPSA) is 69.6 Å². The molecule has 0 saturated heterocycles. The Hall–Kier alpha value is -1.71. The largest absolute Gasteiger partial charge is 0.504 e. The average Bonchev–Trinajstić information content (AvgIpc) is 2.57. The predicted octanol–water partition coefficient (Wildman–Crippen LogP) is 5.42. The molecule has 154 valence electrons. The highest BCUT2D eigenvalue weighted by Crippen LogP contribution is 2.25. The Morgan fingerprint density at radius 3 is 2.19 bits per heavy atom. The van der Waals surface area contributed by atoms with E-state index >= 15 is 0 Å². The van der Waals surface area contributed by atoms with Crippen molar-refractivity contribution in [2.75, 3.05) is 6.54 Å². The van der Waals surface area contributed by atoms with Gasteiger partial charge in [-0.1, -0.05) is 72.3 Å². The summed E-state index contributed by atoms with van der Waals surface area (Å²) < 4.78 is 0. The molecular weight excluding hydrogens is 338 g/mol. The molecule has 4 heteroatoms. The van der Waals surface area contributed by atoms with Crippen molar-refractivity contribution in [3.63, 3.8) is 0 Å². The van der Waals surface area contributed by atoms with Gasteiger partial charge >= 0.3 is 0 Å². The highest BCUT2D eigenvalue weighted by molar-refractivity contribution is 5.76. The number of phenolic OH excluding ortho intramolecular Hbond substituents is 2. The fourth-order valence-electron chi connectivity index (χ4n) is 3.40. The number of hydrogen-bond acceptors (Lipinski definition) is 3. The van der Waals surface area contributed by atoms with Crippen LogP contribution in [0.2, 0.25) is 0 Å². The lowest BCUT2D eigenvalue weighted by Crippen LogP contribution is -2.27. The fourth-order valence-corrected chi connectivity index (χ4v) is 3.40. The summed E-state index contributed by atoms with van der Waals surface area (Å²) in [5.74, 6) is 1.85. The molecule has 1 aromatic carbocycles. The second-order valence-electron chi connectivity index (χ2n) is 8.59. The Balaban J connectivity index is 2.12. The molecule has 3 N–H and O–H groups in total. The minimum atomic E-state index is -0.120. The molecule has 0 aromatic heterocycles. The molecule has 0 radical (unpaired) electrons. The van der Waals surface area contributed by atoms with Crippen LogP contribution in [0, 0.1) is 17.8 Å². The lowest BCUT2D eigenvalue weighted by molar-refractivity contribution is -0.121.